The van der Waals surface area contributed by atoms with Gasteiger partial charge in [0.2, 0.25) is 0 Å². The fourth-order valence-electron chi connectivity index (χ4n) is 6.74. The number of carbonyl (C=O) groups excluding carboxylic acids is 1. The molecule has 48 heavy (non-hydrogen) atoms. The number of halogens is 3. The van der Waals surface area contributed by atoms with Gasteiger partial charge in [-0.3, -0.25) is 4.90 Å². The number of likely N-dealkylation sites (N-methyl/N-ethyl adjacent to an activating group) is 1. The van der Waals surface area contributed by atoms with E-state index in [1.165, 1.54) is 6.07 Å². The molecule has 2 fully saturated rings. The number of aromatic amines is 1. The molecule has 13 heteroatoms. The third-order valence-corrected chi connectivity index (χ3v) is 9.70. The fraction of sp³-hybridized carbons (Fsp3) is 0.429. The number of ether oxygens (including phenoxy) is 2. The van der Waals surface area contributed by atoms with Crippen LogP contribution in [0.4, 0.5) is 23.7 Å². The molecule has 1 atom stereocenters. The van der Waals surface area contributed by atoms with Gasteiger partial charge in [-0.05, 0) is 66.6 Å². The number of carbonyl (C=O) groups is 1. The molecule has 0 spiro atoms. The average Bonchev–Trinajstić information content (AvgIpc) is 3.50. The van der Waals surface area contributed by atoms with Crippen molar-refractivity contribution in [2.75, 3.05) is 58.3 Å². The highest BCUT2D eigenvalue weighted by Gasteiger charge is 2.40. The van der Waals surface area contributed by atoms with Gasteiger partial charge < -0.3 is 34.7 Å². The SMILES string of the molecule is CC[C@@H]1CN(C(=O)Nc2ccc(CN3CCN(C)CC3)c(C(F)(F)F)c2)Cc2cc(Oc3ccnc4[nH]c(C5(O)COC5)cc34)ccc21. The number of rotatable bonds is 7. The van der Waals surface area contributed by atoms with Gasteiger partial charge in [0.15, 0.2) is 5.60 Å². The second-order valence-corrected chi connectivity index (χ2v) is 13.1. The Kier molecular flexibility index (Phi) is 8.56. The number of alkyl halides is 3. The minimum Gasteiger partial charge on any atom is -0.457 e. The maximum atomic E-state index is 14.2. The van der Waals surface area contributed by atoms with Gasteiger partial charge in [-0.15, -0.1) is 0 Å². The van der Waals surface area contributed by atoms with Crippen LogP contribution in [0.3, 0.4) is 0 Å². The summed E-state index contributed by atoms with van der Waals surface area (Å²) in [6.45, 7) is 6.39. The first kappa shape index (κ1) is 32.4. The Morgan fingerprint density at radius 2 is 1.92 bits per heavy atom. The fourth-order valence-corrected chi connectivity index (χ4v) is 6.74. The van der Waals surface area contributed by atoms with Gasteiger partial charge in [-0.2, -0.15) is 13.2 Å². The van der Waals surface area contributed by atoms with Crippen LogP contribution in [0, 0.1) is 0 Å². The second-order valence-electron chi connectivity index (χ2n) is 13.1. The van der Waals surface area contributed by atoms with Crippen molar-refractivity contribution in [1.82, 2.24) is 24.7 Å². The van der Waals surface area contributed by atoms with Crippen molar-refractivity contribution in [2.24, 2.45) is 0 Å². The topological polar surface area (TPSA) is 106 Å². The summed E-state index contributed by atoms with van der Waals surface area (Å²) in [6, 6.07) is 13.0. The van der Waals surface area contributed by atoms with E-state index in [9.17, 15) is 23.1 Å². The molecule has 2 aromatic heterocycles. The number of H-pyrrole nitrogens is 1. The number of anilines is 1. The highest BCUT2D eigenvalue weighted by Crippen LogP contribution is 2.39. The molecule has 0 bridgehead atoms. The highest BCUT2D eigenvalue weighted by molar-refractivity contribution is 5.90. The van der Waals surface area contributed by atoms with E-state index < -0.39 is 23.4 Å². The van der Waals surface area contributed by atoms with Crippen LogP contribution < -0.4 is 10.1 Å². The van der Waals surface area contributed by atoms with Crippen LogP contribution in [0.15, 0.2) is 54.7 Å². The van der Waals surface area contributed by atoms with Crippen molar-refractivity contribution in [1.29, 1.82) is 0 Å². The molecule has 10 nitrogen and oxygen atoms in total. The molecular formula is C35H39F3N6O4. The molecule has 3 N–H and O–H groups in total. The molecule has 0 unspecified atom stereocenters. The van der Waals surface area contributed by atoms with E-state index in [0.29, 0.717) is 47.9 Å². The monoisotopic (exact) mass is 664 g/mol. The third kappa shape index (κ3) is 6.47. The number of fused-ring (bicyclic) bond motifs is 2. The first-order valence-corrected chi connectivity index (χ1v) is 16.2. The zero-order valence-corrected chi connectivity index (χ0v) is 26.9. The van der Waals surface area contributed by atoms with Crippen molar-refractivity contribution in [3.8, 4) is 11.5 Å². The van der Waals surface area contributed by atoms with Crippen LogP contribution in [0.2, 0.25) is 0 Å². The number of urea groups is 1. The largest absolute Gasteiger partial charge is 0.457 e. The van der Waals surface area contributed by atoms with Crippen LogP contribution in [-0.2, 0) is 29.6 Å². The van der Waals surface area contributed by atoms with Gasteiger partial charge in [0, 0.05) is 63.6 Å². The van der Waals surface area contributed by atoms with Gasteiger partial charge in [0.25, 0.3) is 0 Å². The molecular weight excluding hydrogens is 625 g/mol. The average molecular weight is 665 g/mol. The van der Waals surface area contributed by atoms with Crippen molar-refractivity contribution in [2.45, 2.75) is 44.1 Å². The molecule has 0 aliphatic carbocycles. The Hall–Kier alpha value is -4.17. The summed E-state index contributed by atoms with van der Waals surface area (Å²) in [6.07, 6.45) is -2.15. The molecule has 2 saturated heterocycles. The Morgan fingerprint density at radius 3 is 2.62 bits per heavy atom. The summed E-state index contributed by atoms with van der Waals surface area (Å²) in [5, 5.41) is 14.2. The van der Waals surface area contributed by atoms with E-state index in [4.69, 9.17) is 9.47 Å². The minimum atomic E-state index is -4.55. The van der Waals surface area contributed by atoms with Gasteiger partial charge in [-0.1, -0.05) is 19.1 Å². The second kappa shape index (κ2) is 12.7. The van der Waals surface area contributed by atoms with E-state index >= 15 is 0 Å². The van der Waals surface area contributed by atoms with Crippen LogP contribution in [-0.4, -0.2) is 88.8 Å². The molecule has 4 aromatic rings. The van der Waals surface area contributed by atoms with Gasteiger partial charge in [-0.25, -0.2) is 9.78 Å². The number of benzene rings is 2. The van der Waals surface area contributed by atoms with E-state index in [1.54, 1.807) is 23.2 Å². The maximum Gasteiger partial charge on any atom is 0.416 e. The predicted octanol–water partition coefficient (Wildman–Crippen LogP) is 5.88. The van der Waals surface area contributed by atoms with Crippen molar-refractivity contribution >= 4 is 22.8 Å². The Bertz CT molecular complexity index is 1820. The molecule has 5 heterocycles. The lowest BCUT2D eigenvalue weighted by Gasteiger charge is -2.35. The lowest BCUT2D eigenvalue weighted by molar-refractivity contribution is -0.186. The van der Waals surface area contributed by atoms with Crippen LogP contribution in [0.1, 0.15) is 47.2 Å². The molecule has 7 rings (SSSR count). The molecule has 2 amide bonds. The minimum absolute atomic E-state index is 0.0514. The molecule has 254 valence electrons. The van der Waals surface area contributed by atoms with Gasteiger partial charge >= 0.3 is 12.2 Å². The number of piperazine rings is 1. The number of nitrogens with zero attached hydrogens (tertiary/aromatic N) is 4. The summed E-state index contributed by atoms with van der Waals surface area (Å²) >= 11 is 0. The van der Waals surface area contributed by atoms with Crippen molar-refractivity contribution < 1.29 is 32.5 Å². The summed E-state index contributed by atoms with van der Waals surface area (Å²) < 4.78 is 54.0. The Morgan fingerprint density at radius 1 is 1.12 bits per heavy atom. The normalized spacial score (nSPS) is 20.0. The number of aliphatic hydroxyl groups is 1. The molecule has 0 radical (unpaired) electrons. The Balaban J connectivity index is 1.08. The maximum absolute atomic E-state index is 14.2. The van der Waals surface area contributed by atoms with Crippen molar-refractivity contribution in [3.63, 3.8) is 0 Å². The molecule has 0 saturated carbocycles. The first-order valence-electron chi connectivity index (χ1n) is 16.2. The molecule has 3 aliphatic heterocycles. The van der Waals surface area contributed by atoms with E-state index in [-0.39, 0.29) is 43.5 Å². The first-order chi connectivity index (χ1) is 23.0. The predicted molar refractivity (Wildman–Crippen MR) is 174 cm³/mol. The highest BCUT2D eigenvalue weighted by atomic mass is 19.4. The number of hydrogen-bond donors (Lipinski definition) is 3. The molecule has 3 aliphatic rings. The quantitative estimate of drug-likeness (QED) is 0.227. The van der Waals surface area contributed by atoms with Crippen LogP contribution in [0.25, 0.3) is 11.0 Å². The number of pyridine rings is 1. The van der Waals surface area contributed by atoms with E-state index in [2.05, 4.69) is 20.2 Å². The summed E-state index contributed by atoms with van der Waals surface area (Å²) in [7, 11) is 2.00. The number of nitrogens with one attached hydrogen (secondary N) is 2. The lowest BCUT2D eigenvalue weighted by atomic mass is 9.88. The third-order valence-electron chi connectivity index (χ3n) is 9.70. The zero-order valence-electron chi connectivity index (χ0n) is 26.9. The number of hydrogen-bond acceptors (Lipinski definition) is 7. The zero-order chi connectivity index (χ0) is 33.6. The van der Waals surface area contributed by atoms with Crippen molar-refractivity contribution in [3.05, 3.63) is 82.7 Å². The summed E-state index contributed by atoms with van der Waals surface area (Å²) in [5.41, 5.74) is 1.70. The van der Waals surface area contributed by atoms with Crippen LogP contribution in [0.5, 0.6) is 11.5 Å². The van der Waals surface area contributed by atoms with E-state index in [1.807, 2.05) is 43.1 Å². The lowest BCUT2D eigenvalue weighted by Crippen LogP contribution is -2.46. The van der Waals surface area contributed by atoms with Gasteiger partial charge in [0.1, 0.15) is 17.1 Å². The van der Waals surface area contributed by atoms with E-state index in [0.717, 1.165) is 36.7 Å². The smallest absolute Gasteiger partial charge is 0.416 e. The number of amides is 2. The standard InChI is InChI=1S/C35H39F3N6O4/c1-3-22-18-44(33(45)40-25-5-4-23(29(15-25)35(36,37)38)17-43-12-10-42(2)11-13-43)19-24-14-26(6-7-27(22)24)48-30-8-9-39-32-28(30)16-31(41-32)34(46)20-47-21-34/h4-9,14-16,22,46H,3,10-13,17-21H2,1-2H3,(H,39,41)(H,40,45)/t22-/m1/s1. The molecule has 2 aromatic carbocycles. The summed E-state index contributed by atoms with van der Waals surface area (Å²) in [4.78, 5) is 26.9. The van der Waals surface area contributed by atoms with Crippen LogP contribution >= 0.6 is 0 Å². The Labute approximate surface area is 276 Å². The summed E-state index contributed by atoms with van der Waals surface area (Å²) in [5.74, 6) is 1.17. The van der Waals surface area contributed by atoms with Gasteiger partial charge in [0.05, 0.1) is 29.9 Å². The number of aromatic nitrogens is 2.